The second-order valence-electron chi connectivity index (χ2n) is 8.93. The van der Waals surface area contributed by atoms with E-state index in [0.29, 0.717) is 10.7 Å². The lowest BCUT2D eigenvalue weighted by Crippen LogP contribution is -2.50. The molecular weight excluding hydrogens is 498 g/mol. The summed E-state index contributed by atoms with van der Waals surface area (Å²) in [5.74, 6) is 0.359. The predicted molar refractivity (Wildman–Crippen MR) is 145 cm³/mol. The number of aliphatic imine (C=N–C) groups is 2. The van der Waals surface area contributed by atoms with Crippen molar-refractivity contribution in [3.8, 4) is 0 Å². The fourth-order valence-electron chi connectivity index (χ4n) is 4.49. The number of nitrogens with zero attached hydrogens (tertiary/aromatic N) is 5. The summed E-state index contributed by atoms with van der Waals surface area (Å²) < 4.78 is 5.82. The summed E-state index contributed by atoms with van der Waals surface area (Å²) in [7, 11) is 0. The van der Waals surface area contributed by atoms with Gasteiger partial charge < -0.3 is 20.7 Å². The number of likely N-dealkylation sites (tertiary alicyclic amines) is 1. The predicted octanol–water partition coefficient (Wildman–Crippen LogP) is 4.22. The van der Waals surface area contributed by atoms with Gasteiger partial charge in [-0.3, -0.25) is 9.79 Å². The van der Waals surface area contributed by atoms with Gasteiger partial charge in [-0.1, -0.05) is 29.4 Å². The molecule has 2 aromatic rings. The average molecular weight is 528 g/mol. The van der Waals surface area contributed by atoms with Gasteiger partial charge in [0.1, 0.15) is 5.82 Å². The molecule has 2 fully saturated rings. The van der Waals surface area contributed by atoms with Crippen molar-refractivity contribution in [1.82, 2.24) is 14.9 Å². The van der Waals surface area contributed by atoms with Crippen LogP contribution in [-0.2, 0) is 4.74 Å². The second kappa shape index (κ2) is 11.5. The van der Waals surface area contributed by atoms with Gasteiger partial charge in [0.15, 0.2) is 0 Å². The number of thioether (sulfide) groups is 1. The number of amides is 1. The van der Waals surface area contributed by atoms with Gasteiger partial charge in [0.25, 0.3) is 5.91 Å². The molecule has 190 valence electrons. The quantitative estimate of drug-likeness (QED) is 0.328. The highest BCUT2D eigenvalue weighted by molar-refractivity contribution is 8.14. The molecule has 3 N–H and O–H groups in total. The standard InChI is InChI=1S/C25H30ClN7O2S/c1-16-22(27)25(15-35-16)8-12-33(13-9-25)20(28-3)14-31-17(2)36-19-7-4-6-18(21(19)26)32-24(34)23-29-10-5-11-30-23/h4-7,10-11,14,16,22H,3,8-9,12-13,15,27H2,1-2H3,(H,32,34)/b20-14+,31-17+/t16-,22+/m0/s1. The van der Waals surface area contributed by atoms with Crippen LogP contribution >= 0.6 is 23.4 Å². The molecular formula is C25H30ClN7O2S. The van der Waals surface area contributed by atoms with E-state index in [2.05, 4.69) is 36.9 Å². The molecule has 0 aliphatic carbocycles. The molecule has 11 heteroatoms. The van der Waals surface area contributed by atoms with E-state index in [4.69, 9.17) is 22.1 Å². The van der Waals surface area contributed by atoms with Gasteiger partial charge in [-0.05, 0) is 51.6 Å². The smallest absolute Gasteiger partial charge is 0.293 e. The van der Waals surface area contributed by atoms with Crippen LogP contribution in [0.4, 0.5) is 5.69 Å². The topological polar surface area (TPSA) is 118 Å². The van der Waals surface area contributed by atoms with Crippen molar-refractivity contribution in [3.05, 3.63) is 59.5 Å². The molecule has 1 aromatic carbocycles. The SMILES string of the molecule is C=N/C(=C\N=C(/C)Sc1cccc(NC(=O)c2ncccn2)c1Cl)N1CCC2(CC1)CO[C@@H](C)[C@H]2N. The molecule has 1 aromatic heterocycles. The first-order chi connectivity index (χ1) is 17.3. The van der Waals surface area contributed by atoms with Crippen LogP contribution in [0.2, 0.25) is 5.02 Å². The molecule has 3 heterocycles. The lowest BCUT2D eigenvalue weighted by molar-refractivity contribution is 0.0771. The van der Waals surface area contributed by atoms with Gasteiger partial charge in [-0.2, -0.15) is 0 Å². The van der Waals surface area contributed by atoms with Crippen molar-refractivity contribution in [2.45, 2.75) is 43.7 Å². The number of benzene rings is 1. The third-order valence-corrected chi connectivity index (χ3v) is 8.17. The van der Waals surface area contributed by atoms with Crippen LogP contribution in [0.5, 0.6) is 0 Å². The number of carbonyl (C=O) groups is 1. The molecule has 2 saturated heterocycles. The summed E-state index contributed by atoms with van der Waals surface area (Å²) >= 11 is 7.97. The maximum absolute atomic E-state index is 12.4. The number of halogens is 1. The second-order valence-corrected chi connectivity index (χ2v) is 10.5. The highest BCUT2D eigenvalue weighted by Gasteiger charge is 2.47. The Labute approximate surface area is 220 Å². The van der Waals surface area contributed by atoms with Crippen molar-refractivity contribution in [2.24, 2.45) is 21.1 Å². The number of nitrogens with two attached hydrogens (primary N) is 1. The van der Waals surface area contributed by atoms with Crippen molar-refractivity contribution in [2.75, 3.05) is 25.0 Å². The van der Waals surface area contributed by atoms with Gasteiger partial charge in [0.05, 0.1) is 34.7 Å². The van der Waals surface area contributed by atoms with E-state index < -0.39 is 5.91 Å². The van der Waals surface area contributed by atoms with Crippen LogP contribution in [0, 0.1) is 5.41 Å². The summed E-state index contributed by atoms with van der Waals surface area (Å²) in [6.07, 6.45) is 6.74. The van der Waals surface area contributed by atoms with Crippen LogP contribution in [0.25, 0.3) is 0 Å². The Hall–Kier alpha value is -2.79. The van der Waals surface area contributed by atoms with Gasteiger partial charge in [0, 0.05) is 41.8 Å². The summed E-state index contributed by atoms with van der Waals surface area (Å²) in [5, 5.41) is 3.94. The minimum absolute atomic E-state index is 0.0427. The van der Waals surface area contributed by atoms with E-state index in [1.54, 1.807) is 18.3 Å². The number of hydrogen-bond donors (Lipinski definition) is 2. The molecule has 0 saturated carbocycles. The van der Waals surface area contributed by atoms with Gasteiger partial charge >= 0.3 is 0 Å². The zero-order chi connectivity index (χ0) is 25.7. The minimum Gasteiger partial charge on any atom is -0.376 e. The number of anilines is 1. The monoisotopic (exact) mass is 527 g/mol. The first-order valence-corrected chi connectivity index (χ1v) is 12.9. The van der Waals surface area contributed by atoms with Crippen LogP contribution in [0.15, 0.2) is 63.6 Å². The molecule has 2 aliphatic rings. The van der Waals surface area contributed by atoms with Crippen LogP contribution in [-0.4, -0.2) is 64.4 Å². The fourth-order valence-corrected chi connectivity index (χ4v) is 5.55. The Balaban J connectivity index is 1.40. The largest absolute Gasteiger partial charge is 0.376 e. The molecule has 0 radical (unpaired) electrons. The Morgan fingerprint density at radius 3 is 2.69 bits per heavy atom. The summed E-state index contributed by atoms with van der Waals surface area (Å²) in [4.78, 5) is 32.1. The maximum Gasteiger partial charge on any atom is 0.293 e. The average Bonchev–Trinajstić information content (AvgIpc) is 3.16. The fraction of sp³-hybridized carbons (Fsp3) is 0.400. The van der Waals surface area contributed by atoms with E-state index >= 15 is 0 Å². The van der Waals surface area contributed by atoms with Crippen LogP contribution < -0.4 is 11.1 Å². The third-order valence-electron chi connectivity index (χ3n) is 6.69. The summed E-state index contributed by atoms with van der Waals surface area (Å²) in [5.41, 5.74) is 6.95. The molecule has 2 aliphatic heterocycles. The van der Waals surface area contributed by atoms with Gasteiger partial charge in [-0.15, -0.1) is 0 Å². The number of aromatic nitrogens is 2. The Kier molecular flexibility index (Phi) is 8.40. The lowest BCUT2D eigenvalue weighted by atomic mass is 9.73. The molecule has 0 bridgehead atoms. The molecule has 36 heavy (non-hydrogen) atoms. The van der Waals surface area contributed by atoms with E-state index in [1.807, 2.05) is 26.0 Å². The molecule has 9 nitrogen and oxygen atoms in total. The third kappa shape index (κ3) is 5.78. The normalized spacial score (nSPS) is 22.1. The highest BCUT2D eigenvalue weighted by atomic mass is 35.5. The zero-order valence-corrected chi connectivity index (χ0v) is 21.9. The minimum atomic E-state index is -0.433. The lowest BCUT2D eigenvalue weighted by Gasteiger charge is -2.41. The Bertz CT molecular complexity index is 1170. The number of rotatable bonds is 6. The van der Waals surface area contributed by atoms with Crippen molar-refractivity contribution in [1.29, 1.82) is 0 Å². The molecule has 1 amide bonds. The zero-order valence-electron chi connectivity index (χ0n) is 20.4. The summed E-state index contributed by atoms with van der Waals surface area (Å²) in [6.45, 7) is 10.0. The first kappa shape index (κ1) is 26.3. The Morgan fingerprint density at radius 1 is 1.33 bits per heavy atom. The highest BCUT2D eigenvalue weighted by Crippen LogP contribution is 2.42. The van der Waals surface area contributed by atoms with E-state index in [1.165, 1.54) is 24.2 Å². The molecule has 1 spiro atoms. The van der Waals surface area contributed by atoms with Gasteiger partial charge in [-0.25, -0.2) is 15.0 Å². The number of carbonyl (C=O) groups excluding carboxylic acids is 1. The van der Waals surface area contributed by atoms with Crippen molar-refractivity contribution < 1.29 is 9.53 Å². The Morgan fingerprint density at radius 2 is 2.06 bits per heavy atom. The van der Waals surface area contributed by atoms with Crippen molar-refractivity contribution >= 4 is 46.7 Å². The summed E-state index contributed by atoms with van der Waals surface area (Å²) in [6, 6.07) is 7.12. The van der Waals surface area contributed by atoms with Crippen LogP contribution in [0.3, 0.4) is 0 Å². The molecule has 2 atom stereocenters. The van der Waals surface area contributed by atoms with E-state index in [0.717, 1.165) is 48.3 Å². The maximum atomic E-state index is 12.4. The van der Waals surface area contributed by atoms with E-state index in [9.17, 15) is 4.79 Å². The van der Waals surface area contributed by atoms with Crippen LogP contribution in [0.1, 0.15) is 37.3 Å². The van der Waals surface area contributed by atoms with Crippen molar-refractivity contribution in [3.63, 3.8) is 0 Å². The molecule has 4 rings (SSSR count). The number of hydrogen-bond acceptors (Lipinski definition) is 9. The molecule has 0 unspecified atom stereocenters. The number of nitrogens with one attached hydrogen (secondary N) is 1. The number of piperidine rings is 1. The first-order valence-electron chi connectivity index (χ1n) is 11.7. The number of ether oxygens (including phenoxy) is 1. The van der Waals surface area contributed by atoms with E-state index in [-0.39, 0.29) is 23.4 Å². The van der Waals surface area contributed by atoms with Gasteiger partial charge in [0.2, 0.25) is 5.82 Å².